The van der Waals surface area contributed by atoms with E-state index in [0.717, 1.165) is 12.1 Å². The van der Waals surface area contributed by atoms with Crippen LogP contribution in [0, 0.1) is 0 Å². The summed E-state index contributed by atoms with van der Waals surface area (Å²) >= 11 is 0. The molecular formula is C18H25N5O2. The van der Waals surface area contributed by atoms with Crippen LogP contribution in [0.4, 0.5) is 0 Å². The third-order valence-electron chi connectivity index (χ3n) is 4.57. The van der Waals surface area contributed by atoms with Crippen molar-refractivity contribution in [2.24, 2.45) is 0 Å². The molecule has 1 aromatic heterocycles. The molecule has 134 valence electrons. The van der Waals surface area contributed by atoms with Crippen molar-refractivity contribution in [3.63, 3.8) is 0 Å². The van der Waals surface area contributed by atoms with Crippen molar-refractivity contribution >= 4 is 5.91 Å². The fourth-order valence-corrected chi connectivity index (χ4v) is 3.15. The molecule has 3 rings (SSSR count). The number of amides is 1. The monoisotopic (exact) mass is 343 g/mol. The molecule has 0 saturated carbocycles. The Hall–Kier alpha value is -2.25. The smallest absolute Gasteiger partial charge is 0.239 e. The predicted octanol–water partition coefficient (Wildman–Crippen LogP) is 1.03. The Balaban J connectivity index is 1.55. The van der Waals surface area contributed by atoms with Crippen molar-refractivity contribution in [3.05, 3.63) is 48.5 Å². The van der Waals surface area contributed by atoms with E-state index in [9.17, 15) is 4.79 Å². The molecule has 0 N–H and O–H groups in total. The highest BCUT2D eigenvalue weighted by Gasteiger charge is 2.29. The summed E-state index contributed by atoms with van der Waals surface area (Å²) in [7, 11) is 1.86. The van der Waals surface area contributed by atoms with Gasteiger partial charge in [-0.1, -0.05) is 30.3 Å². The van der Waals surface area contributed by atoms with Crippen LogP contribution < -0.4 is 0 Å². The minimum atomic E-state index is -0.171. The molecule has 7 nitrogen and oxygen atoms in total. The Morgan fingerprint density at radius 1 is 1.40 bits per heavy atom. The molecule has 1 fully saturated rings. The van der Waals surface area contributed by atoms with Gasteiger partial charge in [0.05, 0.1) is 25.3 Å². The predicted molar refractivity (Wildman–Crippen MR) is 93.7 cm³/mol. The van der Waals surface area contributed by atoms with E-state index >= 15 is 0 Å². The largest absolute Gasteiger partial charge is 0.374 e. The summed E-state index contributed by atoms with van der Waals surface area (Å²) in [6.45, 7) is 5.35. The van der Waals surface area contributed by atoms with Gasteiger partial charge in [0.25, 0.3) is 0 Å². The van der Waals surface area contributed by atoms with Crippen molar-refractivity contribution < 1.29 is 9.53 Å². The molecule has 1 aromatic carbocycles. The van der Waals surface area contributed by atoms with E-state index in [-0.39, 0.29) is 18.1 Å². The molecule has 0 radical (unpaired) electrons. The number of carbonyl (C=O) groups is 1. The van der Waals surface area contributed by atoms with E-state index in [1.165, 1.54) is 6.33 Å². The SMILES string of the molecule is C[C@H](C(=O)N(C)Cc1ccccc1)N1CCO[C@H](Cn2cncn2)C1. The van der Waals surface area contributed by atoms with Crippen LogP contribution in [0.1, 0.15) is 12.5 Å². The molecular weight excluding hydrogens is 318 g/mol. The summed E-state index contributed by atoms with van der Waals surface area (Å²) in [6, 6.07) is 9.88. The number of hydrogen-bond acceptors (Lipinski definition) is 5. The van der Waals surface area contributed by atoms with Gasteiger partial charge < -0.3 is 9.64 Å². The molecule has 0 unspecified atom stereocenters. The Kier molecular flexibility index (Phi) is 5.78. The lowest BCUT2D eigenvalue weighted by atomic mass is 10.1. The van der Waals surface area contributed by atoms with E-state index in [1.807, 2.05) is 44.3 Å². The molecule has 1 aliphatic heterocycles. The summed E-state index contributed by atoms with van der Waals surface area (Å²) in [5, 5.41) is 4.12. The maximum Gasteiger partial charge on any atom is 0.239 e. The third-order valence-corrected chi connectivity index (χ3v) is 4.57. The topological polar surface area (TPSA) is 63.5 Å². The fraction of sp³-hybridized carbons (Fsp3) is 0.500. The van der Waals surface area contributed by atoms with Gasteiger partial charge >= 0.3 is 0 Å². The first kappa shape index (κ1) is 17.6. The summed E-state index contributed by atoms with van der Waals surface area (Å²) < 4.78 is 7.58. The average molecular weight is 343 g/mol. The second-order valence-electron chi connectivity index (χ2n) is 6.46. The normalized spacial score (nSPS) is 19.5. The minimum absolute atomic E-state index is 0.0186. The standard InChI is InChI=1S/C18H25N5O2/c1-15(18(24)21(2)10-16-6-4-3-5-7-16)22-8-9-25-17(11-22)12-23-14-19-13-20-23/h3-7,13-15,17H,8-12H2,1-2H3/t15-,17+/m1/s1. The first-order chi connectivity index (χ1) is 12.1. The van der Waals surface area contributed by atoms with Gasteiger partial charge in [-0.2, -0.15) is 5.10 Å². The van der Waals surface area contributed by atoms with Gasteiger partial charge in [-0.25, -0.2) is 4.98 Å². The molecule has 2 heterocycles. The maximum atomic E-state index is 12.8. The summed E-state index contributed by atoms with van der Waals surface area (Å²) in [6.07, 6.45) is 3.22. The van der Waals surface area contributed by atoms with E-state index in [1.54, 1.807) is 15.9 Å². The highest BCUT2D eigenvalue weighted by atomic mass is 16.5. The minimum Gasteiger partial charge on any atom is -0.374 e. The highest BCUT2D eigenvalue weighted by Crippen LogP contribution is 2.13. The maximum absolute atomic E-state index is 12.8. The van der Waals surface area contributed by atoms with Gasteiger partial charge in [-0.3, -0.25) is 14.4 Å². The number of morpholine rings is 1. The van der Waals surface area contributed by atoms with Gasteiger partial charge in [0.1, 0.15) is 12.7 Å². The van der Waals surface area contributed by atoms with Gasteiger partial charge in [0.15, 0.2) is 0 Å². The average Bonchev–Trinajstić information content (AvgIpc) is 3.14. The van der Waals surface area contributed by atoms with Crippen molar-refractivity contribution in [1.82, 2.24) is 24.6 Å². The van der Waals surface area contributed by atoms with E-state index in [4.69, 9.17) is 4.74 Å². The molecule has 0 bridgehead atoms. The Labute approximate surface area is 148 Å². The molecule has 0 aliphatic carbocycles. The molecule has 7 heteroatoms. The van der Waals surface area contributed by atoms with Gasteiger partial charge in [-0.05, 0) is 12.5 Å². The zero-order valence-electron chi connectivity index (χ0n) is 14.8. The van der Waals surface area contributed by atoms with Crippen molar-refractivity contribution in [2.45, 2.75) is 32.2 Å². The summed E-state index contributed by atoms with van der Waals surface area (Å²) in [5.41, 5.74) is 1.14. The number of nitrogens with zero attached hydrogens (tertiary/aromatic N) is 5. The van der Waals surface area contributed by atoms with Crippen LogP contribution >= 0.6 is 0 Å². The highest BCUT2D eigenvalue weighted by molar-refractivity contribution is 5.81. The molecule has 25 heavy (non-hydrogen) atoms. The Morgan fingerprint density at radius 2 is 2.20 bits per heavy atom. The molecule has 2 atom stereocenters. The van der Waals surface area contributed by atoms with E-state index < -0.39 is 0 Å². The van der Waals surface area contributed by atoms with Gasteiger partial charge in [0.2, 0.25) is 5.91 Å². The second-order valence-corrected chi connectivity index (χ2v) is 6.46. The first-order valence-electron chi connectivity index (χ1n) is 8.60. The molecule has 1 amide bonds. The zero-order valence-corrected chi connectivity index (χ0v) is 14.8. The van der Waals surface area contributed by atoms with Gasteiger partial charge in [0, 0.05) is 26.7 Å². The van der Waals surface area contributed by atoms with Gasteiger partial charge in [-0.15, -0.1) is 0 Å². The lowest BCUT2D eigenvalue weighted by Crippen LogP contribution is -2.53. The summed E-state index contributed by atoms with van der Waals surface area (Å²) in [4.78, 5) is 20.7. The van der Waals surface area contributed by atoms with Crippen LogP contribution in [-0.2, 0) is 22.6 Å². The first-order valence-corrected chi connectivity index (χ1v) is 8.60. The summed E-state index contributed by atoms with van der Waals surface area (Å²) in [5.74, 6) is 0.130. The number of rotatable bonds is 6. The Bertz CT molecular complexity index is 661. The fourth-order valence-electron chi connectivity index (χ4n) is 3.15. The van der Waals surface area contributed by atoms with Crippen LogP contribution in [0.25, 0.3) is 0 Å². The number of benzene rings is 1. The molecule has 1 aliphatic rings. The quantitative estimate of drug-likeness (QED) is 0.784. The number of carbonyl (C=O) groups excluding carboxylic acids is 1. The Morgan fingerprint density at radius 3 is 2.92 bits per heavy atom. The van der Waals surface area contributed by atoms with Crippen LogP contribution in [-0.4, -0.2) is 69.4 Å². The number of hydrogen-bond donors (Lipinski definition) is 0. The van der Waals surface area contributed by atoms with Crippen LogP contribution in [0.5, 0.6) is 0 Å². The van der Waals surface area contributed by atoms with Crippen molar-refractivity contribution in [2.75, 3.05) is 26.7 Å². The lowest BCUT2D eigenvalue weighted by Gasteiger charge is -2.37. The van der Waals surface area contributed by atoms with Crippen LogP contribution in [0.15, 0.2) is 43.0 Å². The number of aromatic nitrogens is 3. The second kappa shape index (κ2) is 8.22. The van der Waals surface area contributed by atoms with Crippen molar-refractivity contribution in [3.8, 4) is 0 Å². The number of likely N-dealkylation sites (N-methyl/N-ethyl adjacent to an activating group) is 1. The molecule has 2 aromatic rings. The third kappa shape index (κ3) is 4.64. The van der Waals surface area contributed by atoms with Crippen molar-refractivity contribution in [1.29, 1.82) is 0 Å². The number of ether oxygens (including phenoxy) is 1. The molecule has 1 saturated heterocycles. The lowest BCUT2D eigenvalue weighted by molar-refractivity contribution is -0.139. The van der Waals surface area contributed by atoms with E-state index in [0.29, 0.717) is 26.2 Å². The van der Waals surface area contributed by atoms with E-state index in [2.05, 4.69) is 15.0 Å². The zero-order chi connectivity index (χ0) is 17.6. The van der Waals surface area contributed by atoms with Crippen LogP contribution in [0.2, 0.25) is 0 Å². The van der Waals surface area contributed by atoms with Crippen LogP contribution in [0.3, 0.4) is 0 Å². The molecule has 0 spiro atoms.